The molecule has 0 aromatic heterocycles. The Kier molecular flexibility index (Phi) is 11.5. The van der Waals surface area contributed by atoms with E-state index in [-0.39, 0.29) is 29.1 Å². The standard InChI is InChI=1S/C35H45N3O6S/c1-25-20-26(2)22-30(21-25)38(45(41,42)31-16-17-32(43-4)33(23-31)44-5)24-34(39)37(19-18-28-12-8-6-9-13-28)27(3)35(40)36-29-14-10-7-11-15-29/h6,8-9,12-13,16-17,20-23,27,29H,7,10-11,14-15,18-19,24H2,1-5H3,(H,36,40)/t27-/m1/s1. The summed E-state index contributed by atoms with van der Waals surface area (Å²) in [5.74, 6) is -0.0671. The number of carbonyl (C=O) groups excluding carboxylic acids is 2. The topological polar surface area (TPSA) is 105 Å². The lowest BCUT2D eigenvalue weighted by atomic mass is 9.95. The SMILES string of the molecule is COc1ccc(S(=O)(=O)N(CC(=O)N(CCc2ccccc2)[C@H](C)C(=O)NC2CCCCC2)c2cc(C)cc(C)c2)cc1OC. The van der Waals surface area contributed by atoms with E-state index < -0.39 is 28.5 Å². The lowest BCUT2D eigenvalue weighted by molar-refractivity contribution is -0.139. The Hall–Kier alpha value is -4.05. The molecule has 2 amide bonds. The molecule has 242 valence electrons. The third-order valence-electron chi connectivity index (χ3n) is 8.32. The van der Waals surface area contributed by atoms with Gasteiger partial charge in [-0.05, 0) is 81.0 Å². The summed E-state index contributed by atoms with van der Waals surface area (Å²) in [5, 5.41) is 3.14. The highest BCUT2D eigenvalue weighted by molar-refractivity contribution is 7.92. The zero-order valence-corrected chi connectivity index (χ0v) is 27.7. The molecule has 0 bridgehead atoms. The van der Waals surface area contributed by atoms with E-state index in [2.05, 4.69) is 5.32 Å². The fourth-order valence-corrected chi connectivity index (χ4v) is 7.28. The normalized spacial score (nSPS) is 14.3. The van der Waals surface area contributed by atoms with Crippen LogP contribution in [0.3, 0.4) is 0 Å². The highest BCUT2D eigenvalue weighted by atomic mass is 32.2. The number of anilines is 1. The van der Waals surface area contributed by atoms with Gasteiger partial charge in [0.1, 0.15) is 12.6 Å². The molecule has 0 heterocycles. The molecule has 0 radical (unpaired) electrons. The van der Waals surface area contributed by atoms with E-state index in [1.165, 1.54) is 37.3 Å². The van der Waals surface area contributed by atoms with E-state index in [0.29, 0.717) is 17.9 Å². The van der Waals surface area contributed by atoms with E-state index in [1.807, 2.05) is 50.2 Å². The summed E-state index contributed by atoms with van der Waals surface area (Å²) in [7, 11) is -1.35. The Balaban J connectivity index is 1.70. The minimum atomic E-state index is -4.26. The van der Waals surface area contributed by atoms with Crippen molar-refractivity contribution >= 4 is 27.5 Å². The van der Waals surface area contributed by atoms with Crippen molar-refractivity contribution in [2.45, 2.75) is 76.3 Å². The van der Waals surface area contributed by atoms with Crippen LogP contribution in [0.4, 0.5) is 5.69 Å². The maximum absolute atomic E-state index is 14.3. The van der Waals surface area contributed by atoms with Gasteiger partial charge in [0.2, 0.25) is 11.8 Å². The zero-order valence-electron chi connectivity index (χ0n) is 26.9. The predicted octanol–water partition coefficient (Wildman–Crippen LogP) is 5.42. The second kappa shape index (κ2) is 15.3. The third-order valence-corrected chi connectivity index (χ3v) is 10.1. The van der Waals surface area contributed by atoms with Crippen molar-refractivity contribution in [3.05, 3.63) is 83.4 Å². The Morgan fingerprint density at radius 1 is 0.889 bits per heavy atom. The van der Waals surface area contributed by atoms with Crippen molar-refractivity contribution in [1.29, 1.82) is 0 Å². The van der Waals surface area contributed by atoms with E-state index >= 15 is 0 Å². The average molecular weight is 636 g/mol. The van der Waals surface area contributed by atoms with Gasteiger partial charge in [0, 0.05) is 18.7 Å². The van der Waals surface area contributed by atoms with E-state index in [9.17, 15) is 18.0 Å². The lowest BCUT2D eigenvalue weighted by Gasteiger charge is -2.33. The molecular formula is C35H45N3O6S. The van der Waals surface area contributed by atoms with Crippen LogP contribution in [0.25, 0.3) is 0 Å². The van der Waals surface area contributed by atoms with Gasteiger partial charge in [-0.15, -0.1) is 0 Å². The van der Waals surface area contributed by atoms with Crippen LogP contribution in [0.2, 0.25) is 0 Å². The van der Waals surface area contributed by atoms with Gasteiger partial charge in [-0.3, -0.25) is 13.9 Å². The van der Waals surface area contributed by atoms with Gasteiger partial charge in [-0.1, -0.05) is 55.7 Å². The van der Waals surface area contributed by atoms with Gasteiger partial charge in [0.25, 0.3) is 10.0 Å². The van der Waals surface area contributed by atoms with Crippen LogP contribution in [0.15, 0.2) is 71.6 Å². The molecule has 9 nitrogen and oxygen atoms in total. The summed E-state index contributed by atoms with van der Waals surface area (Å²) in [5.41, 5.74) is 3.08. The highest BCUT2D eigenvalue weighted by Crippen LogP contribution is 2.33. The molecule has 1 aliphatic carbocycles. The summed E-state index contributed by atoms with van der Waals surface area (Å²) in [6.45, 7) is 5.23. The Morgan fingerprint density at radius 3 is 2.16 bits per heavy atom. The van der Waals surface area contributed by atoms with Crippen molar-refractivity contribution in [1.82, 2.24) is 10.2 Å². The van der Waals surface area contributed by atoms with Gasteiger partial charge in [-0.25, -0.2) is 8.42 Å². The molecule has 4 rings (SSSR count). The molecule has 10 heteroatoms. The first-order chi connectivity index (χ1) is 21.5. The van der Waals surface area contributed by atoms with E-state index in [0.717, 1.165) is 53.1 Å². The maximum atomic E-state index is 14.3. The van der Waals surface area contributed by atoms with Crippen molar-refractivity contribution in [3.63, 3.8) is 0 Å². The van der Waals surface area contributed by atoms with Gasteiger partial charge in [0.05, 0.1) is 24.8 Å². The number of nitrogens with one attached hydrogen (secondary N) is 1. The molecule has 1 aliphatic rings. The number of nitrogens with zero attached hydrogens (tertiary/aromatic N) is 2. The Labute approximate surface area is 267 Å². The summed E-state index contributed by atoms with van der Waals surface area (Å²) >= 11 is 0. The number of rotatable bonds is 13. The molecule has 0 saturated heterocycles. The van der Waals surface area contributed by atoms with Crippen LogP contribution >= 0.6 is 0 Å². The molecule has 45 heavy (non-hydrogen) atoms. The molecule has 0 spiro atoms. The Morgan fingerprint density at radius 2 is 1.53 bits per heavy atom. The first-order valence-corrected chi connectivity index (χ1v) is 16.9. The molecule has 3 aromatic carbocycles. The molecule has 1 fully saturated rings. The number of carbonyl (C=O) groups is 2. The molecular weight excluding hydrogens is 590 g/mol. The number of benzene rings is 3. The first-order valence-electron chi connectivity index (χ1n) is 15.5. The quantitative estimate of drug-likeness (QED) is 0.269. The lowest BCUT2D eigenvalue weighted by Crippen LogP contribution is -2.53. The number of hydrogen-bond acceptors (Lipinski definition) is 6. The fraction of sp³-hybridized carbons (Fsp3) is 0.429. The van der Waals surface area contributed by atoms with Crippen molar-refractivity contribution < 1.29 is 27.5 Å². The minimum absolute atomic E-state index is 0.0500. The molecule has 3 aromatic rings. The molecule has 1 saturated carbocycles. The van der Waals surface area contributed by atoms with Crippen molar-refractivity contribution in [2.24, 2.45) is 0 Å². The molecule has 0 unspecified atom stereocenters. The zero-order chi connectivity index (χ0) is 32.6. The van der Waals surface area contributed by atoms with Gasteiger partial charge >= 0.3 is 0 Å². The van der Waals surface area contributed by atoms with Crippen LogP contribution in [0, 0.1) is 13.8 Å². The molecule has 0 aliphatic heterocycles. The van der Waals surface area contributed by atoms with Crippen LogP contribution in [-0.2, 0) is 26.0 Å². The maximum Gasteiger partial charge on any atom is 0.264 e. The van der Waals surface area contributed by atoms with Gasteiger partial charge in [0.15, 0.2) is 11.5 Å². The minimum Gasteiger partial charge on any atom is -0.493 e. The van der Waals surface area contributed by atoms with E-state index in [4.69, 9.17) is 9.47 Å². The number of methoxy groups -OCH3 is 2. The van der Waals surface area contributed by atoms with Crippen LogP contribution in [0.5, 0.6) is 11.5 Å². The number of amides is 2. The summed E-state index contributed by atoms with van der Waals surface area (Å²) < 4.78 is 40.4. The highest BCUT2D eigenvalue weighted by Gasteiger charge is 2.33. The second-order valence-electron chi connectivity index (χ2n) is 11.7. The number of sulfonamides is 1. The van der Waals surface area contributed by atoms with Crippen molar-refractivity contribution in [3.8, 4) is 11.5 Å². The average Bonchev–Trinajstić information content (AvgIpc) is 3.03. The fourth-order valence-electron chi connectivity index (χ4n) is 5.87. The summed E-state index contributed by atoms with van der Waals surface area (Å²) in [4.78, 5) is 29.2. The largest absolute Gasteiger partial charge is 0.493 e. The molecule has 1 atom stereocenters. The summed E-state index contributed by atoms with van der Waals surface area (Å²) in [6, 6.07) is 18.8. The van der Waals surface area contributed by atoms with Gasteiger partial charge < -0.3 is 19.7 Å². The number of aryl methyl sites for hydroxylation is 2. The van der Waals surface area contributed by atoms with Crippen LogP contribution < -0.4 is 19.1 Å². The van der Waals surface area contributed by atoms with Crippen molar-refractivity contribution in [2.75, 3.05) is 31.6 Å². The third kappa shape index (κ3) is 8.57. The first kappa shape index (κ1) is 33.8. The number of hydrogen-bond donors (Lipinski definition) is 1. The van der Waals surface area contributed by atoms with Gasteiger partial charge in [-0.2, -0.15) is 0 Å². The van der Waals surface area contributed by atoms with Crippen LogP contribution in [0.1, 0.15) is 55.7 Å². The molecule has 1 N–H and O–H groups in total. The Bertz CT molecular complexity index is 1550. The second-order valence-corrected chi connectivity index (χ2v) is 13.6. The monoisotopic (exact) mass is 635 g/mol. The van der Waals surface area contributed by atoms with Crippen LogP contribution in [-0.4, -0.2) is 64.5 Å². The predicted molar refractivity (Wildman–Crippen MR) is 176 cm³/mol. The summed E-state index contributed by atoms with van der Waals surface area (Å²) in [6.07, 6.45) is 5.64. The van der Waals surface area contributed by atoms with E-state index in [1.54, 1.807) is 19.1 Å². The number of ether oxygens (including phenoxy) is 2. The smallest absolute Gasteiger partial charge is 0.264 e.